The fraction of sp³-hybridized carbons (Fsp3) is 0.238. The van der Waals surface area contributed by atoms with Crippen molar-refractivity contribution in [2.75, 3.05) is 18.9 Å². The minimum atomic E-state index is -3.67. The smallest absolute Gasteiger partial charge is 0.290 e. The van der Waals surface area contributed by atoms with E-state index >= 15 is 0 Å². The molecule has 11 heteroatoms. The molecule has 0 amide bonds. The minimum absolute atomic E-state index is 0.0325. The first kappa shape index (κ1) is 23.2. The third kappa shape index (κ3) is 5.06. The van der Waals surface area contributed by atoms with Crippen molar-refractivity contribution in [1.82, 2.24) is 15.0 Å². The molecule has 1 aliphatic rings. The molecule has 1 aliphatic heterocycles. The molecule has 0 aliphatic carbocycles. The molecule has 0 bridgehead atoms. The highest BCUT2D eigenvalue weighted by Crippen LogP contribution is 2.33. The molecule has 0 saturated carbocycles. The van der Waals surface area contributed by atoms with Crippen molar-refractivity contribution in [3.05, 3.63) is 54.7 Å². The summed E-state index contributed by atoms with van der Waals surface area (Å²) in [5.41, 5.74) is 7.05. The van der Waals surface area contributed by atoms with Crippen LogP contribution in [-0.2, 0) is 19.4 Å². The Balaban J connectivity index is 0.000000913. The molecule has 4 rings (SSSR count). The van der Waals surface area contributed by atoms with Gasteiger partial charge < -0.3 is 15.6 Å². The van der Waals surface area contributed by atoms with E-state index in [-0.39, 0.29) is 17.4 Å². The molecule has 1 fully saturated rings. The van der Waals surface area contributed by atoms with E-state index in [0.717, 1.165) is 0 Å². The summed E-state index contributed by atoms with van der Waals surface area (Å²) in [5.74, 6) is -0.418. The number of anilines is 1. The second-order valence-corrected chi connectivity index (χ2v) is 8.99. The van der Waals surface area contributed by atoms with Crippen LogP contribution in [0.4, 0.5) is 10.3 Å². The van der Waals surface area contributed by atoms with Crippen LogP contribution < -0.4 is 5.73 Å². The van der Waals surface area contributed by atoms with Gasteiger partial charge in [-0.2, -0.15) is 0 Å². The van der Waals surface area contributed by atoms with Crippen molar-refractivity contribution < 1.29 is 27.4 Å². The zero-order chi connectivity index (χ0) is 23.1. The number of pyridine rings is 1. The molecule has 168 valence electrons. The van der Waals surface area contributed by atoms with Crippen LogP contribution in [0.1, 0.15) is 12.8 Å². The Kier molecular flexibility index (Phi) is 7.44. The SMILES string of the molecule is Nc1ncc(-c2ccc(-c3cccnc3S(=O)(=O)C3CCOCC3)cc2F)cn1.O=CO. The predicted molar refractivity (Wildman–Crippen MR) is 115 cm³/mol. The lowest BCUT2D eigenvalue weighted by atomic mass is 10.0. The summed E-state index contributed by atoms with van der Waals surface area (Å²) < 4.78 is 46.4. The summed E-state index contributed by atoms with van der Waals surface area (Å²) in [6.45, 7) is 0.554. The fourth-order valence-electron chi connectivity index (χ4n) is 3.38. The van der Waals surface area contributed by atoms with Crippen LogP contribution in [0.3, 0.4) is 0 Å². The number of nitrogen functional groups attached to an aromatic ring is 1. The Morgan fingerprint density at radius 3 is 2.34 bits per heavy atom. The largest absolute Gasteiger partial charge is 0.483 e. The molecule has 9 nitrogen and oxygen atoms in total. The molecule has 3 heterocycles. The first-order valence-electron chi connectivity index (χ1n) is 9.60. The van der Waals surface area contributed by atoms with Crippen molar-refractivity contribution >= 4 is 22.3 Å². The predicted octanol–water partition coefficient (Wildman–Crippen LogP) is 2.58. The summed E-state index contributed by atoms with van der Waals surface area (Å²) in [7, 11) is -3.67. The number of aromatic nitrogens is 3. The number of rotatable bonds is 4. The molecular weight excluding hydrogens is 439 g/mol. The topological polar surface area (TPSA) is 145 Å². The molecule has 1 saturated heterocycles. The van der Waals surface area contributed by atoms with Crippen molar-refractivity contribution in [3.8, 4) is 22.3 Å². The molecule has 0 radical (unpaired) electrons. The average molecular weight is 460 g/mol. The molecule has 0 spiro atoms. The van der Waals surface area contributed by atoms with Gasteiger partial charge >= 0.3 is 0 Å². The Morgan fingerprint density at radius 1 is 1.06 bits per heavy atom. The van der Waals surface area contributed by atoms with Gasteiger partial charge in [-0.15, -0.1) is 0 Å². The summed E-state index contributed by atoms with van der Waals surface area (Å²) in [4.78, 5) is 20.2. The Bertz CT molecular complexity index is 1180. The molecule has 0 atom stereocenters. The van der Waals surface area contributed by atoms with Gasteiger partial charge in [0.2, 0.25) is 5.95 Å². The standard InChI is InChI=1S/C20H19FN4O3S.CH2O2/c21-18-10-13(3-4-16(18)14-11-24-20(22)25-12-14)17-2-1-7-23-19(17)29(26,27)15-5-8-28-9-6-15;2-1-3/h1-4,7,10-12,15H,5-6,8-9H2,(H2,22,24,25);1H,(H,2,3). The molecule has 3 aromatic rings. The van der Waals surface area contributed by atoms with E-state index in [4.69, 9.17) is 20.4 Å². The zero-order valence-electron chi connectivity index (χ0n) is 16.9. The number of halogens is 1. The van der Waals surface area contributed by atoms with Gasteiger partial charge in [0, 0.05) is 48.5 Å². The zero-order valence-corrected chi connectivity index (χ0v) is 17.7. The van der Waals surface area contributed by atoms with Gasteiger partial charge in [0.25, 0.3) is 6.47 Å². The average Bonchev–Trinajstić information content (AvgIpc) is 2.81. The van der Waals surface area contributed by atoms with Gasteiger partial charge in [-0.1, -0.05) is 12.1 Å². The Labute approximate surface area is 184 Å². The van der Waals surface area contributed by atoms with E-state index in [9.17, 15) is 12.8 Å². The number of hydrogen-bond donors (Lipinski definition) is 2. The van der Waals surface area contributed by atoms with E-state index < -0.39 is 20.9 Å². The number of carboxylic acid groups (broad SMARTS) is 1. The van der Waals surface area contributed by atoms with Crippen molar-refractivity contribution in [1.29, 1.82) is 0 Å². The van der Waals surface area contributed by atoms with Crippen LogP contribution in [-0.4, -0.2) is 53.4 Å². The highest BCUT2D eigenvalue weighted by Gasteiger charge is 2.32. The Hall–Kier alpha value is -3.44. The maximum atomic E-state index is 14.8. The van der Waals surface area contributed by atoms with E-state index in [1.165, 1.54) is 24.7 Å². The van der Waals surface area contributed by atoms with Crippen LogP contribution in [0, 0.1) is 5.82 Å². The Morgan fingerprint density at radius 2 is 1.72 bits per heavy atom. The highest BCUT2D eigenvalue weighted by molar-refractivity contribution is 7.92. The maximum absolute atomic E-state index is 14.8. The minimum Gasteiger partial charge on any atom is -0.483 e. The summed E-state index contributed by atoms with van der Waals surface area (Å²) in [6.07, 6.45) is 5.15. The normalized spacial score (nSPS) is 14.3. The van der Waals surface area contributed by atoms with E-state index in [1.807, 2.05) is 0 Å². The van der Waals surface area contributed by atoms with Gasteiger partial charge in [0.05, 0.1) is 5.25 Å². The second kappa shape index (κ2) is 10.2. The first-order chi connectivity index (χ1) is 15.4. The third-order valence-electron chi connectivity index (χ3n) is 4.91. The van der Waals surface area contributed by atoms with Crippen LogP contribution in [0.25, 0.3) is 22.3 Å². The van der Waals surface area contributed by atoms with Gasteiger partial charge in [0.1, 0.15) is 5.82 Å². The second-order valence-electron chi connectivity index (χ2n) is 6.84. The lowest BCUT2D eigenvalue weighted by molar-refractivity contribution is -0.122. The molecule has 32 heavy (non-hydrogen) atoms. The summed E-state index contributed by atoms with van der Waals surface area (Å²) in [5, 5.41) is 6.30. The number of carbonyl (C=O) groups is 1. The van der Waals surface area contributed by atoms with Crippen molar-refractivity contribution in [3.63, 3.8) is 0 Å². The van der Waals surface area contributed by atoms with E-state index in [1.54, 1.807) is 24.3 Å². The summed E-state index contributed by atoms with van der Waals surface area (Å²) >= 11 is 0. The van der Waals surface area contributed by atoms with Crippen LogP contribution >= 0.6 is 0 Å². The lowest BCUT2D eigenvalue weighted by Crippen LogP contribution is -2.29. The molecule has 3 N–H and O–H groups in total. The van der Waals surface area contributed by atoms with Gasteiger partial charge in [0.15, 0.2) is 14.9 Å². The van der Waals surface area contributed by atoms with Gasteiger partial charge in [-0.3, -0.25) is 4.79 Å². The first-order valence-corrected chi connectivity index (χ1v) is 11.2. The molecule has 0 unspecified atom stereocenters. The van der Waals surface area contributed by atoms with Gasteiger partial charge in [-0.05, 0) is 36.6 Å². The van der Waals surface area contributed by atoms with Gasteiger partial charge in [-0.25, -0.2) is 27.8 Å². The number of nitrogens with zero attached hydrogens (tertiary/aromatic N) is 3. The maximum Gasteiger partial charge on any atom is 0.290 e. The number of sulfone groups is 1. The van der Waals surface area contributed by atoms with Crippen molar-refractivity contribution in [2.24, 2.45) is 0 Å². The fourth-order valence-corrected chi connectivity index (χ4v) is 5.20. The van der Waals surface area contributed by atoms with Crippen LogP contribution in [0.2, 0.25) is 0 Å². The highest BCUT2D eigenvalue weighted by atomic mass is 32.2. The lowest BCUT2D eigenvalue weighted by Gasteiger charge is -2.22. The van der Waals surface area contributed by atoms with Crippen molar-refractivity contribution in [2.45, 2.75) is 23.1 Å². The number of benzene rings is 1. The number of hydrogen-bond acceptors (Lipinski definition) is 8. The van der Waals surface area contributed by atoms with E-state index in [2.05, 4.69) is 15.0 Å². The van der Waals surface area contributed by atoms with Crippen LogP contribution in [0.5, 0.6) is 0 Å². The quantitative estimate of drug-likeness (QED) is 0.561. The summed E-state index contributed by atoms with van der Waals surface area (Å²) in [6, 6.07) is 7.80. The monoisotopic (exact) mass is 460 g/mol. The molecule has 2 aromatic heterocycles. The van der Waals surface area contributed by atoms with E-state index in [0.29, 0.717) is 48.3 Å². The molecule has 1 aromatic carbocycles. The number of ether oxygens (including phenoxy) is 1. The molecular formula is C21H21FN4O5S. The van der Waals surface area contributed by atoms with Crippen LogP contribution in [0.15, 0.2) is 53.9 Å². The number of nitrogens with two attached hydrogens (primary N) is 1. The third-order valence-corrected chi connectivity index (χ3v) is 7.12.